The van der Waals surface area contributed by atoms with Gasteiger partial charge in [0.1, 0.15) is 17.2 Å². The number of hydrogen-bond donors (Lipinski definition) is 1. The molecule has 1 heterocycles. The van der Waals surface area contributed by atoms with E-state index in [2.05, 4.69) is 0 Å². The number of hydrogen-bond acceptors (Lipinski definition) is 5. The van der Waals surface area contributed by atoms with Crippen LogP contribution in [0.25, 0.3) is 10.1 Å². The van der Waals surface area contributed by atoms with E-state index in [4.69, 9.17) is 19.3 Å². The molecule has 2 aromatic rings. The van der Waals surface area contributed by atoms with Crippen molar-refractivity contribution in [3.63, 3.8) is 0 Å². The minimum absolute atomic E-state index is 0.333. The summed E-state index contributed by atoms with van der Waals surface area (Å²) >= 11 is 1.26. The zero-order valence-corrected chi connectivity index (χ0v) is 11.9. The summed E-state index contributed by atoms with van der Waals surface area (Å²) in [7, 11) is 1.63. The highest BCUT2D eigenvalue weighted by Crippen LogP contribution is 2.28. The van der Waals surface area contributed by atoms with Crippen molar-refractivity contribution in [2.24, 2.45) is 0 Å². The van der Waals surface area contributed by atoms with Gasteiger partial charge in [-0.25, -0.2) is 4.79 Å². The van der Waals surface area contributed by atoms with E-state index in [1.54, 1.807) is 13.2 Å². The van der Waals surface area contributed by atoms with Crippen LogP contribution in [0.15, 0.2) is 24.3 Å². The quantitative estimate of drug-likeness (QED) is 0.759. The Morgan fingerprint density at radius 3 is 2.75 bits per heavy atom. The molecule has 1 N–H and O–H groups in total. The number of carbonyl (C=O) groups is 1. The first kappa shape index (κ1) is 14.8. The number of carboxylic acids is 1. The van der Waals surface area contributed by atoms with Crippen LogP contribution in [0.3, 0.4) is 0 Å². The number of rotatable bonds is 8. The van der Waals surface area contributed by atoms with Crippen LogP contribution in [0, 0.1) is 0 Å². The zero-order valence-electron chi connectivity index (χ0n) is 11.1. The molecule has 0 aliphatic carbocycles. The maximum atomic E-state index is 10.9. The Morgan fingerprint density at radius 2 is 2.00 bits per heavy atom. The fraction of sp³-hybridized carbons (Fsp3) is 0.357. The first-order chi connectivity index (χ1) is 9.70. The molecule has 0 bridgehead atoms. The molecule has 0 atom stereocenters. The number of carboxylic acid groups (broad SMARTS) is 1. The van der Waals surface area contributed by atoms with Gasteiger partial charge in [-0.1, -0.05) is 0 Å². The van der Waals surface area contributed by atoms with Crippen LogP contribution < -0.4 is 4.74 Å². The molecule has 0 saturated carbocycles. The van der Waals surface area contributed by atoms with E-state index in [0.717, 1.165) is 10.1 Å². The Hall–Kier alpha value is -1.63. The predicted octanol–water partition coefficient (Wildman–Crippen LogP) is 2.64. The van der Waals surface area contributed by atoms with Crippen LogP contribution in [-0.4, -0.2) is 44.6 Å². The Bertz CT molecular complexity index is 578. The van der Waals surface area contributed by atoms with Crippen LogP contribution in [0.2, 0.25) is 0 Å². The van der Waals surface area contributed by atoms with Crippen molar-refractivity contribution in [3.05, 3.63) is 29.1 Å². The van der Waals surface area contributed by atoms with E-state index in [1.807, 2.05) is 18.2 Å². The fourth-order valence-electron chi connectivity index (χ4n) is 1.68. The number of fused-ring (bicyclic) bond motifs is 1. The molecule has 0 fully saturated rings. The van der Waals surface area contributed by atoms with Crippen molar-refractivity contribution in [1.29, 1.82) is 0 Å². The predicted molar refractivity (Wildman–Crippen MR) is 77.0 cm³/mol. The second-order valence-electron chi connectivity index (χ2n) is 4.07. The Morgan fingerprint density at radius 1 is 1.20 bits per heavy atom. The second kappa shape index (κ2) is 7.23. The smallest absolute Gasteiger partial charge is 0.345 e. The van der Waals surface area contributed by atoms with Gasteiger partial charge < -0.3 is 19.3 Å². The van der Waals surface area contributed by atoms with Gasteiger partial charge in [0.15, 0.2) is 0 Å². The molecular weight excluding hydrogens is 280 g/mol. The van der Waals surface area contributed by atoms with Gasteiger partial charge in [-0.2, -0.15) is 0 Å². The molecule has 1 aromatic heterocycles. The molecule has 0 spiro atoms. The summed E-state index contributed by atoms with van der Waals surface area (Å²) in [4.78, 5) is 11.2. The summed E-state index contributed by atoms with van der Waals surface area (Å²) in [6.45, 7) is 2.06. The van der Waals surface area contributed by atoms with E-state index in [9.17, 15) is 4.79 Å². The molecule has 0 radical (unpaired) electrons. The molecule has 0 unspecified atom stereocenters. The van der Waals surface area contributed by atoms with Crippen molar-refractivity contribution in [1.82, 2.24) is 0 Å². The average Bonchev–Trinajstić information content (AvgIpc) is 2.86. The fourth-order valence-corrected chi connectivity index (χ4v) is 2.56. The third kappa shape index (κ3) is 3.93. The van der Waals surface area contributed by atoms with E-state index in [-0.39, 0.29) is 0 Å². The average molecular weight is 296 g/mol. The van der Waals surface area contributed by atoms with E-state index >= 15 is 0 Å². The highest BCUT2D eigenvalue weighted by molar-refractivity contribution is 7.20. The number of ether oxygens (including phenoxy) is 3. The molecule has 108 valence electrons. The van der Waals surface area contributed by atoms with Crippen molar-refractivity contribution in [2.75, 3.05) is 33.5 Å². The Kier molecular flexibility index (Phi) is 5.34. The molecule has 0 amide bonds. The summed E-state index contributed by atoms with van der Waals surface area (Å²) in [5, 5.41) is 9.83. The Balaban J connectivity index is 1.89. The summed E-state index contributed by atoms with van der Waals surface area (Å²) in [5.74, 6) is -0.192. The van der Waals surface area contributed by atoms with Crippen molar-refractivity contribution in [2.45, 2.75) is 0 Å². The molecule has 5 nitrogen and oxygen atoms in total. The van der Waals surface area contributed by atoms with Crippen LogP contribution in [0.4, 0.5) is 0 Å². The van der Waals surface area contributed by atoms with Gasteiger partial charge in [0.05, 0.1) is 19.8 Å². The van der Waals surface area contributed by atoms with Crippen LogP contribution in [0.5, 0.6) is 5.75 Å². The van der Waals surface area contributed by atoms with Crippen molar-refractivity contribution >= 4 is 27.4 Å². The molecule has 6 heteroatoms. The van der Waals surface area contributed by atoms with Gasteiger partial charge >= 0.3 is 5.97 Å². The van der Waals surface area contributed by atoms with E-state index in [0.29, 0.717) is 37.1 Å². The van der Waals surface area contributed by atoms with Gasteiger partial charge in [-0.15, -0.1) is 11.3 Å². The van der Waals surface area contributed by atoms with Gasteiger partial charge in [-0.3, -0.25) is 0 Å². The van der Waals surface area contributed by atoms with Crippen molar-refractivity contribution in [3.8, 4) is 5.75 Å². The molecule has 0 aliphatic heterocycles. The van der Waals surface area contributed by atoms with Gasteiger partial charge in [0.2, 0.25) is 0 Å². The summed E-state index contributed by atoms with van der Waals surface area (Å²) in [6, 6.07) is 7.20. The molecular formula is C14H16O5S. The molecule has 0 saturated heterocycles. The van der Waals surface area contributed by atoms with Crippen LogP contribution >= 0.6 is 11.3 Å². The summed E-state index contributed by atoms with van der Waals surface area (Å²) in [6.07, 6.45) is 0. The summed E-state index contributed by atoms with van der Waals surface area (Å²) < 4.78 is 16.6. The number of benzene rings is 1. The van der Waals surface area contributed by atoms with Gasteiger partial charge in [0.25, 0.3) is 0 Å². The summed E-state index contributed by atoms with van der Waals surface area (Å²) in [5.41, 5.74) is 0. The lowest BCUT2D eigenvalue weighted by Gasteiger charge is -2.06. The molecule has 1 aromatic carbocycles. The second-order valence-corrected chi connectivity index (χ2v) is 5.15. The van der Waals surface area contributed by atoms with Crippen molar-refractivity contribution < 1.29 is 24.1 Å². The molecule has 20 heavy (non-hydrogen) atoms. The topological polar surface area (TPSA) is 65.0 Å². The van der Waals surface area contributed by atoms with Crippen LogP contribution in [-0.2, 0) is 9.47 Å². The highest BCUT2D eigenvalue weighted by atomic mass is 32.1. The standard InChI is InChI=1S/C14H16O5S/c1-17-4-5-18-6-7-19-11-2-3-12-10(8-11)9-13(20-12)14(15)16/h2-3,8-9H,4-7H2,1H3,(H,15,16). The van der Waals surface area contributed by atoms with E-state index < -0.39 is 5.97 Å². The lowest BCUT2D eigenvalue weighted by Crippen LogP contribution is -2.09. The van der Waals surface area contributed by atoms with Crippen LogP contribution in [0.1, 0.15) is 9.67 Å². The maximum Gasteiger partial charge on any atom is 0.345 e. The normalized spacial score (nSPS) is 10.8. The lowest BCUT2D eigenvalue weighted by atomic mass is 10.2. The number of thiophene rings is 1. The number of methoxy groups -OCH3 is 1. The first-order valence-electron chi connectivity index (χ1n) is 6.17. The zero-order chi connectivity index (χ0) is 14.4. The molecule has 0 aliphatic rings. The maximum absolute atomic E-state index is 10.9. The van der Waals surface area contributed by atoms with E-state index in [1.165, 1.54) is 11.3 Å². The largest absolute Gasteiger partial charge is 0.491 e. The minimum Gasteiger partial charge on any atom is -0.491 e. The van der Waals surface area contributed by atoms with Gasteiger partial charge in [0, 0.05) is 11.8 Å². The van der Waals surface area contributed by atoms with Gasteiger partial charge in [-0.05, 0) is 29.7 Å². The SMILES string of the molecule is COCCOCCOc1ccc2sc(C(=O)O)cc2c1. The number of aromatic carboxylic acids is 1. The third-order valence-electron chi connectivity index (χ3n) is 2.63. The molecule has 2 rings (SSSR count). The Labute approximate surface area is 120 Å². The first-order valence-corrected chi connectivity index (χ1v) is 6.98. The highest BCUT2D eigenvalue weighted by Gasteiger charge is 2.08. The minimum atomic E-state index is -0.903. The lowest BCUT2D eigenvalue weighted by molar-refractivity contribution is 0.0544. The monoisotopic (exact) mass is 296 g/mol. The third-order valence-corrected chi connectivity index (χ3v) is 3.73.